The molecule has 0 fully saturated rings. The number of hydrogen-bond donors (Lipinski definition) is 0. The van der Waals surface area contributed by atoms with E-state index in [4.69, 9.17) is 9.97 Å². The number of rotatable bonds is 4. The molecule has 0 bridgehead atoms. The number of aromatic nitrogens is 3. The van der Waals surface area contributed by atoms with Crippen molar-refractivity contribution in [1.29, 1.82) is 0 Å². The molecule has 11 rings (SSSR count). The van der Waals surface area contributed by atoms with Crippen molar-refractivity contribution in [3.8, 4) is 28.3 Å². The van der Waals surface area contributed by atoms with Crippen LogP contribution in [0.1, 0.15) is 0 Å². The topological polar surface area (TPSA) is 30.7 Å². The number of fused-ring (bicyclic) bond motifs is 10. The van der Waals surface area contributed by atoms with Gasteiger partial charge < -0.3 is 0 Å². The van der Waals surface area contributed by atoms with Crippen LogP contribution in [-0.2, 0) is 0 Å². The van der Waals surface area contributed by atoms with Gasteiger partial charge in [0.25, 0.3) is 0 Å². The van der Waals surface area contributed by atoms with E-state index in [9.17, 15) is 0 Å². The molecule has 0 unspecified atom stereocenters. The van der Waals surface area contributed by atoms with E-state index in [1.54, 1.807) is 0 Å². The third-order valence-electron chi connectivity index (χ3n) is 10.7. The Bertz CT molecular complexity index is 2930. The quantitative estimate of drug-likeness (QED) is 0.170. The van der Waals surface area contributed by atoms with Crippen molar-refractivity contribution in [2.45, 2.75) is 0 Å². The molecule has 0 spiro atoms. The Kier molecular flexibility index (Phi) is 6.30. The van der Waals surface area contributed by atoms with Crippen LogP contribution in [0.2, 0.25) is 0 Å². The Labute approximate surface area is 301 Å². The molecule has 1 aliphatic rings. The molecule has 0 atom stereocenters. The van der Waals surface area contributed by atoms with Crippen LogP contribution in [-0.4, -0.2) is 27.8 Å². The average molecular weight is 728 g/mol. The second kappa shape index (κ2) is 11.1. The van der Waals surface area contributed by atoms with E-state index in [1.807, 2.05) is 11.3 Å². The van der Waals surface area contributed by atoms with Crippen LogP contribution in [0, 0.1) is 0 Å². The fraction of sp³-hybridized carbons (Fsp3) is 0. The first kappa shape index (κ1) is 29.0. The fourth-order valence-electron chi connectivity index (χ4n) is 8.65. The Morgan fingerprint density at radius 1 is 0.471 bits per heavy atom. The molecule has 0 N–H and O–H groups in total. The molecule has 238 valence electrons. The molecule has 51 heavy (non-hydrogen) atoms. The minimum absolute atomic E-state index is 0.715. The summed E-state index contributed by atoms with van der Waals surface area (Å²) in [6.45, 7) is 0. The zero-order chi connectivity index (χ0) is 33.5. The van der Waals surface area contributed by atoms with E-state index in [2.05, 4.69) is 180 Å². The van der Waals surface area contributed by atoms with E-state index in [0.717, 1.165) is 22.3 Å². The number of benzene rings is 7. The molecule has 4 heterocycles. The van der Waals surface area contributed by atoms with Gasteiger partial charge in [-0.25, -0.2) is 0 Å². The van der Waals surface area contributed by atoms with Crippen molar-refractivity contribution in [2.75, 3.05) is 0 Å². The summed E-state index contributed by atoms with van der Waals surface area (Å²) >= 11 is -1.82. The van der Waals surface area contributed by atoms with Crippen LogP contribution in [0.15, 0.2) is 176 Å². The van der Waals surface area contributed by atoms with Crippen LogP contribution >= 0.6 is 11.3 Å². The number of para-hydroxylation sites is 1. The normalized spacial score (nSPS) is 13.3. The molecule has 0 amide bonds. The number of thiophene rings is 1. The third-order valence-corrected chi connectivity index (χ3v) is 21.7. The Morgan fingerprint density at radius 3 is 1.86 bits per heavy atom. The summed E-state index contributed by atoms with van der Waals surface area (Å²) < 4.78 is 10.3. The minimum atomic E-state index is -3.68. The summed E-state index contributed by atoms with van der Waals surface area (Å²) in [6.07, 6.45) is 0. The van der Waals surface area contributed by atoms with Gasteiger partial charge in [-0.1, -0.05) is 0 Å². The molecule has 0 aliphatic carbocycles. The molecule has 1 aliphatic heterocycles. The zero-order valence-corrected chi connectivity index (χ0v) is 30.4. The van der Waals surface area contributed by atoms with Crippen molar-refractivity contribution >= 4 is 84.3 Å². The molecule has 3 nitrogen and oxygen atoms in total. The van der Waals surface area contributed by atoms with Gasteiger partial charge in [0, 0.05) is 0 Å². The standard InChI is InChI=1S/C46H29GeN3S/c1-4-16-30(17-5-1)44-43-33-22-10-13-25-36(33)47(31-18-6-2-7-19-31,32-20-8-3-9-21-32)45(43)49-46(48-44)50-37-26-14-11-23-34(37)41-38(50)28-29-40-42(41)35-24-12-15-27-39(35)51-40/h1-29H. The first-order chi connectivity index (χ1) is 25.3. The Balaban J connectivity index is 1.33. The van der Waals surface area contributed by atoms with E-state index < -0.39 is 13.3 Å². The molecule has 7 aromatic carbocycles. The summed E-state index contributed by atoms with van der Waals surface area (Å²) in [5.41, 5.74) is 6.73. The number of hydrogen-bond acceptors (Lipinski definition) is 3. The van der Waals surface area contributed by atoms with E-state index in [-0.39, 0.29) is 0 Å². The first-order valence-corrected chi connectivity index (χ1v) is 22.4. The van der Waals surface area contributed by atoms with Gasteiger partial charge in [0.2, 0.25) is 0 Å². The van der Waals surface area contributed by atoms with Gasteiger partial charge in [0.15, 0.2) is 0 Å². The second-order valence-corrected chi connectivity index (χ2v) is 22.1. The third kappa shape index (κ3) is 4.00. The van der Waals surface area contributed by atoms with Crippen molar-refractivity contribution in [3.63, 3.8) is 0 Å². The average Bonchev–Trinajstić information content (AvgIpc) is 3.85. The summed E-state index contributed by atoms with van der Waals surface area (Å²) in [4.78, 5) is 11.5. The molecule has 0 saturated carbocycles. The van der Waals surface area contributed by atoms with Crippen LogP contribution in [0.25, 0.3) is 70.3 Å². The van der Waals surface area contributed by atoms with Gasteiger partial charge in [-0.15, -0.1) is 0 Å². The van der Waals surface area contributed by atoms with E-state index >= 15 is 0 Å². The Morgan fingerprint density at radius 2 is 1.10 bits per heavy atom. The molecule has 10 aromatic rings. The van der Waals surface area contributed by atoms with E-state index in [1.165, 1.54) is 59.8 Å². The molecule has 0 radical (unpaired) electrons. The number of nitrogens with zero attached hydrogens (tertiary/aromatic N) is 3. The van der Waals surface area contributed by atoms with Crippen molar-refractivity contribution in [2.24, 2.45) is 0 Å². The summed E-state index contributed by atoms with van der Waals surface area (Å²) in [7, 11) is 0. The van der Waals surface area contributed by atoms with Crippen molar-refractivity contribution < 1.29 is 0 Å². The molecule has 0 saturated heterocycles. The van der Waals surface area contributed by atoms with Gasteiger partial charge in [0.05, 0.1) is 0 Å². The summed E-state index contributed by atoms with van der Waals surface area (Å²) in [6, 6.07) is 64.2. The molecular formula is C46H29GeN3S. The van der Waals surface area contributed by atoms with Crippen LogP contribution < -0.4 is 17.7 Å². The van der Waals surface area contributed by atoms with Gasteiger partial charge in [-0.05, 0) is 0 Å². The molecule has 3 aromatic heterocycles. The summed E-state index contributed by atoms with van der Waals surface area (Å²) in [5.74, 6) is 0.715. The van der Waals surface area contributed by atoms with Gasteiger partial charge >= 0.3 is 303 Å². The van der Waals surface area contributed by atoms with Gasteiger partial charge in [-0.3, -0.25) is 0 Å². The monoisotopic (exact) mass is 729 g/mol. The van der Waals surface area contributed by atoms with Crippen LogP contribution in [0.4, 0.5) is 0 Å². The maximum atomic E-state index is 5.87. The zero-order valence-electron chi connectivity index (χ0n) is 27.5. The first-order valence-electron chi connectivity index (χ1n) is 17.3. The second-order valence-electron chi connectivity index (χ2n) is 13.3. The predicted molar refractivity (Wildman–Crippen MR) is 217 cm³/mol. The van der Waals surface area contributed by atoms with Crippen LogP contribution in [0.3, 0.4) is 0 Å². The SMILES string of the molecule is c1ccc(-c2nc(-n3c4ccccc4c4c5c(ccc43)sc3ccccc35)n[c]3c2-c2cccc[c]2[Ge]3([c]2ccccc2)[c]2ccccc2)cc1. The summed E-state index contributed by atoms with van der Waals surface area (Å²) in [5, 5.41) is 5.08. The Hall–Kier alpha value is -5.82. The maximum absolute atomic E-state index is 5.87. The fourth-order valence-corrected chi connectivity index (χ4v) is 20.3. The molecule has 5 heteroatoms. The van der Waals surface area contributed by atoms with Gasteiger partial charge in [0.1, 0.15) is 0 Å². The predicted octanol–water partition coefficient (Wildman–Crippen LogP) is 8.97. The van der Waals surface area contributed by atoms with Crippen molar-refractivity contribution in [3.05, 3.63) is 176 Å². The van der Waals surface area contributed by atoms with Crippen LogP contribution in [0.5, 0.6) is 0 Å². The van der Waals surface area contributed by atoms with Gasteiger partial charge in [-0.2, -0.15) is 0 Å². The van der Waals surface area contributed by atoms with E-state index in [0.29, 0.717) is 5.95 Å². The molecular weight excluding hydrogens is 699 g/mol. The van der Waals surface area contributed by atoms with Crippen molar-refractivity contribution in [1.82, 2.24) is 14.5 Å².